The molecule has 0 aliphatic carbocycles. The lowest BCUT2D eigenvalue weighted by Gasteiger charge is -2.00. The van der Waals surface area contributed by atoms with E-state index < -0.39 is 0 Å². The number of fused-ring (bicyclic) bond motifs is 1. The van der Waals surface area contributed by atoms with Gasteiger partial charge < -0.3 is 4.74 Å². The second kappa shape index (κ2) is 3.14. The number of para-hydroxylation sites is 1. The summed E-state index contributed by atoms with van der Waals surface area (Å²) in [7, 11) is 0. The standard InChI is InChI=1S/C9H7NO2S/c1-6(11)12-7-3-2-4-8-9(7)10-5-13-8/h2-5H,1H3. The molecule has 0 amide bonds. The number of rotatable bonds is 1. The zero-order valence-electron chi connectivity index (χ0n) is 6.98. The summed E-state index contributed by atoms with van der Waals surface area (Å²) in [6, 6.07) is 5.53. The number of ether oxygens (including phenoxy) is 1. The largest absolute Gasteiger partial charge is 0.424 e. The monoisotopic (exact) mass is 193 g/mol. The van der Waals surface area contributed by atoms with Crippen molar-refractivity contribution in [3.63, 3.8) is 0 Å². The first-order valence-electron chi connectivity index (χ1n) is 3.78. The Labute approximate surface area is 79.0 Å². The van der Waals surface area contributed by atoms with Crippen molar-refractivity contribution in [2.45, 2.75) is 6.92 Å². The minimum atomic E-state index is -0.319. The number of carbonyl (C=O) groups excluding carboxylic acids is 1. The summed E-state index contributed by atoms with van der Waals surface area (Å²) in [6.45, 7) is 1.38. The summed E-state index contributed by atoms with van der Waals surface area (Å²) in [5, 5.41) is 0. The van der Waals surface area contributed by atoms with E-state index in [0.29, 0.717) is 5.75 Å². The molecule has 13 heavy (non-hydrogen) atoms. The highest BCUT2D eigenvalue weighted by molar-refractivity contribution is 7.16. The topological polar surface area (TPSA) is 39.2 Å². The molecule has 0 aliphatic rings. The lowest BCUT2D eigenvalue weighted by atomic mass is 10.3. The molecule has 2 rings (SSSR count). The predicted molar refractivity (Wildman–Crippen MR) is 50.9 cm³/mol. The van der Waals surface area contributed by atoms with Gasteiger partial charge in [-0.05, 0) is 12.1 Å². The normalized spacial score (nSPS) is 10.2. The number of hydrogen-bond acceptors (Lipinski definition) is 4. The Morgan fingerprint density at radius 3 is 3.15 bits per heavy atom. The Kier molecular flexibility index (Phi) is 1.98. The molecule has 3 nitrogen and oxygen atoms in total. The van der Waals surface area contributed by atoms with Gasteiger partial charge in [-0.1, -0.05) is 6.07 Å². The molecule has 0 atom stereocenters. The number of thiazole rings is 1. The Morgan fingerprint density at radius 1 is 1.54 bits per heavy atom. The number of benzene rings is 1. The molecule has 0 N–H and O–H groups in total. The van der Waals surface area contributed by atoms with Gasteiger partial charge in [-0.2, -0.15) is 0 Å². The summed E-state index contributed by atoms with van der Waals surface area (Å²) >= 11 is 1.53. The van der Waals surface area contributed by atoms with E-state index in [0.717, 1.165) is 10.2 Å². The van der Waals surface area contributed by atoms with Gasteiger partial charge in [0.05, 0.1) is 10.2 Å². The molecule has 2 aromatic rings. The van der Waals surface area contributed by atoms with Crippen LogP contribution in [0.25, 0.3) is 10.2 Å². The van der Waals surface area contributed by atoms with Crippen molar-refractivity contribution in [1.29, 1.82) is 0 Å². The Balaban J connectivity index is 2.54. The van der Waals surface area contributed by atoms with E-state index in [1.807, 2.05) is 12.1 Å². The smallest absolute Gasteiger partial charge is 0.308 e. The van der Waals surface area contributed by atoms with Crippen LogP contribution >= 0.6 is 11.3 Å². The molecule has 0 radical (unpaired) electrons. The van der Waals surface area contributed by atoms with E-state index in [1.54, 1.807) is 11.6 Å². The van der Waals surface area contributed by atoms with Crippen molar-refractivity contribution >= 4 is 27.5 Å². The Bertz CT molecular complexity index is 450. The van der Waals surface area contributed by atoms with Gasteiger partial charge in [-0.25, -0.2) is 4.98 Å². The summed E-state index contributed by atoms with van der Waals surface area (Å²) in [5.74, 6) is 0.215. The highest BCUT2D eigenvalue weighted by Crippen LogP contribution is 2.26. The maximum absolute atomic E-state index is 10.7. The summed E-state index contributed by atoms with van der Waals surface area (Å²) in [6.07, 6.45) is 0. The van der Waals surface area contributed by atoms with Crippen LogP contribution in [-0.4, -0.2) is 11.0 Å². The lowest BCUT2D eigenvalue weighted by molar-refractivity contribution is -0.131. The van der Waals surface area contributed by atoms with Crippen molar-refractivity contribution in [2.75, 3.05) is 0 Å². The number of aromatic nitrogens is 1. The van der Waals surface area contributed by atoms with Crippen molar-refractivity contribution in [2.24, 2.45) is 0 Å². The number of esters is 1. The quantitative estimate of drug-likeness (QED) is 0.515. The molecule has 0 saturated heterocycles. The summed E-state index contributed by atoms with van der Waals surface area (Å²) in [4.78, 5) is 14.8. The van der Waals surface area contributed by atoms with Gasteiger partial charge in [0.1, 0.15) is 5.52 Å². The molecule has 0 unspecified atom stereocenters. The molecule has 1 aromatic carbocycles. The van der Waals surface area contributed by atoms with E-state index in [1.165, 1.54) is 18.3 Å². The molecule has 0 aliphatic heterocycles. The first-order valence-corrected chi connectivity index (χ1v) is 4.66. The molecule has 0 bridgehead atoms. The first kappa shape index (κ1) is 8.19. The maximum Gasteiger partial charge on any atom is 0.308 e. The zero-order valence-corrected chi connectivity index (χ0v) is 7.80. The first-order chi connectivity index (χ1) is 6.27. The van der Waals surface area contributed by atoms with Gasteiger partial charge >= 0.3 is 5.97 Å². The van der Waals surface area contributed by atoms with Crippen molar-refractivity contribution in [3.8, 4) is 5.75 Å². The third-order valence-electron chi connectivity index (χ3n) is 1.58. The van der Waals surface area contributed by atoms with Crippen molar-refractivity contribution in [3.05, 3.63) is 23.7 Å². The van der Waals surface area contributed by atoms with Crippen molar-refractivity contribution in [1.82, 2.24) is 4.98 Å². The third-order valence-corrected chi connectivity index (χ3v) is 2.37. The minimum Gasteiger partial charge on any atom is -0.424 e. The van der Waals surface area contributed by atoms with Crippen LogP contribution < -0.4 is 4.74 Å². The molecule has 0 saturated carbocycles. The van der Waals surface area contributed by atoms with Gasteiger partial charge in [-0.15, -0.1) is 11.3 Å². The lowest BCUT2D eigenvalue weighted by Crippen LogP contribution is -2.01. The van der Waals surface area contributed by atoms with E-state index in [2.05, 4.69) is 4.98 Å². The van der Waals surface area contributed by atoms with E-state index in [-0.39, 0.29) is 5.97 Å². The Hall–Kier alpha value is -1.42. The number of hydrogen-bond donors (Lipinski definition) is 0. The fourth-order valence-corrected chi connectivity index (χ4v) is 1.79. The molecule has 66 valence electrons. The molecular weight excluding hydrogens is 186 g/mol. The second-order valence-corrected chi connectivity index (χ2v) is 3.44. The maximum atomic E-state index is 10.7. The van der Waals surface area contributed by atoms with Crippen LogP contribution in [0.2, 0.25) is 0 Å². The fraction of sp³-hybridized carbons (Fsp3) is 0.111. The van der Waals surface area contributed by atoms with Crippen molar-refractivity contribution < 1.29 is 9.53 Å². The molecule has 0 fully saturated rings. The number of carbonyl (C=O) groups is 1. The summed E-state index contributed by atoms with van der Waals surface area (Å²) < 4.78 is 6.02. The highest BCUT2D eigenvalue weighted by Gasteiger charge is 2.05. The fourth-order valence-electron chi connectivity index (χ4n) is 1.10. The summed E-state index contributed by atoms with van der Waals surface area (Å²) in [5.41, 5.74) is 2.49. The molecule has 1 heterocycles. The van der Waals surface area contributed by atoms with E-state index in [4.69, 9.17) is 4.74 Å². The van der Waals surface area contributed by atoms with Gasteiger partial charge in [0.2, 0.25) is 0 Å². The van der Waals surface area contributed by atoms with E-state index in [9.17, 15) is 4.79 Å². The Morgan fingerprint density at radius 2 is 2.38 bits per heavy atom. The van der Waals surface area contributed by atoms with Gasteiger partial charge in [0.15, 0.2) is 5.75 Å². The second-order valence-electron chi connectivity index (χ2n) is 2.55. The highest BCUT2D eigenvalue weighted by atomic mass is 32.1. The SMILES string of the molecule is CC(=O)Oc1cccc2scnc12. The van der Waals surface area contributed by atoms with Crippen LogP contribution in [0.5, 0.6) is 5.75 Å². The average Bonchev–Trinajstić information content (AvgIpc) is 2.51. The van der Waals surface area contributed by atoms with Gasteiger partial charge in [0.25, 0.3) is 0 Å². The molecule has 1 aromatic heterocycles. The molecule has 4 heteroatoms. The third kappa shape index (κ3) is 1.53. The van der Waals surface area contributed by atoms with Crippen LogP contribution in [0.3, 0.4) is 0 Å². The molecule has 0 spiro atoms. The van der Waals surface area contributed by atoms with Crippen LogP contribution in [0.1, 0.15) is 6.92 Å². The van der Waals surface area contributed by atoms with Crippen LogP contribution in [0, 0.1) is 0 Å². The van der Waals surface area contributed by atoms with E-state index >= 15 is 0 Å². The van der Waals surface area contributed by atoms with Gasteiger partial charge in [-0.3, -0.25) is 4.79 Å². The minimum absolute atomic E-state index is 0.319. The van der Waals surface area contributed by atoms with Crippen LogP contribution in [0.4, 0.5) is 0 Å². The predicted octanol–water partition coefficient (Wildman–Crippen LogP) is 2.22. The van der Waals surface area contributed by atoms with Crippen LogP contribution in [-0.2, 0) is 4.79 Å². The molecular formula is C9H7NO2S. The average molecular weight is 193 g/mol. The number of nitrogens with zero attached hydrogens (tertiary/aromatic N) is 1. The van der Waals surface area contributed by atoms with Crippen LogP contribution in [0.15, 0.2) is 23.7 Å². The van der Waals surface area contributed by atoms with Gasteiger partial charge in [0, 0.05) is 6.92 Å². The zero-order chi connectivity index (χ0) is 9.26.